The van der Waals surface area contributed by atoms with Crippen LogP contribution in [-0.4, -0.2) is 82.0 Å². The number of ether oxygens (including phenoxy) is 4. The lowest BCUT2D eigenvalue weighted by Crippen LogP contribution is -2.53. The predicted octanol–water partition coefficient (Wildman–Crippen LogP) is 0.763. The Morgan fingerprint density at radius 3 is 2.40 bits per heavy atom. The summed E-state index contributed by atoms with van der Waals surface area (Å²) in [6, 6.07) is 5.85. The van der Waals surface area contributed by atoms with Gasteiger partial charge in [0.1, 0.15) is 17.6 Å². The topological polar surface area (TPSA) is 60.5 Å². The van der Waals surface area contributed by atoms with Crippen molar-refractivity contribution in [3.05, 3.63) is 23.8 Å². The molecule has 1 amide bonds. The standard InChI is InChI=1S/C18H26N2O5/c1-22-15-9-14(10-16(11-15)23-2)12-19-3-8-25-17(13-19)18(21)20-4-6-24-7-5-20/h9-11,17H,3-8,12-13H2,1-2H3. The molecular formula is C18H26N2O5. The molecule has 1 aromatic carbocycles. The van der Waals surface area contributed by atoms with Crippen molar-refractivity contribution >= 4 is 5.91 Å². The highest BCUT2D eigenvalue weighted by Gasteiger charge is 2.31. The molecule has 7 heteroatoms. The molecular weight excluding hydrogens is 324 g/mol. The van der Waals surface area contributed by atoms with Crippen LogP contribution < -0.4 is 9.47 Å². The van der Waals surface area contributed by atoms with Crippen molar-refractivity contribution in [3.63, 3.8) is 0 Å². The van der Waals surface area contributed by atoms with Gasteiger partial charge in [0.25, 0.3) is 5.91 Å². The van der Waals surface area contributed by atoms with E-state index in [-0.39, 0.29) is 5.91 Å². The van der Waals surface area contributed by atoms with Gasteiger partial charge in [0.15, 0.2) is 0 Å². The molecule has 1 aromatic rings. The summed E-state index contributed by atoms with van der Waals surface area (Å²) in [4.78, 5) is 16.7. The van der Waals surface area contributed by atoms with Crippen LogP contribution in [0.2, 0.25) is 0 Å². The van der Waals surface area contributed by atoms with Crippen molar-refractivity contribution < 1.29 is 23.7 Å². The lowest BCUT2D eigenvalue weighted by molar-refractivity contribution is -0.153. The van der Waals surface area contributed by atoms with Gasteiger partial charge in [-0.1, -0.05) is 0 Å². The molecule has 2 aliphatic heterocycles. The molecule has 7 nitrogen and oxygen atoms in total. The van der Waals surface area contributed by atoms with E-state index in [1.165, 1.54) is 0 Å². The second-order valence-electron chi connectivity index (χ2n) is 6.25. The van der Waals surface area contributed by atoms with E-state index in [2.05, 4.69) is 4.90 Å². The van der Waals surface area contributed by atoms with Crippen molar-refractivity contribution in [1.82, 2.24) is 9.80 Å². The number of benzene rings is 1. The van der Waals surface area contributed by atoms with E-state index >= 15 is 0 Å². The van der Waals surface area contributed by atoms with Crippen molar-refractivity contribution in [1.29, 1.82) is 0 Å². The lowest BCUT2D eigenvalue weighted by Gasteiger charge is -2.36. The smallest absolute Gasteiger partial charge is 0.253 e. The summed E-state index contributed by atoms with van der Waals surface area (Å²) in [5.74, 6) is 1.60. The Hall–Kier alpha value is -1.83. The van der Waals surface area contributed by atoms with Crippen LogP contribution in [0.25, 0.3) is 0 Å². The lowest BCUT2D eigenvalue weighted by atomic mass is 10.1. The first-order chi connectivity index (χ1) is 12.2. The number of hydrogen-bond donors (Lipinski definition) is 0. The Kier molecular flexibility index (Phi) is 6.12. The molecule has 0 spiro atoms. The largest absolute Gasteiger partial charge is 0.497 e. The first-order valence-electron chi connectivity index (χ1n) is 8.62. The van der Waals surface area contributed by atoms with E-state index in [0.717, 1.165) is 30.2 Å². The zero-order valence-electron chi connectivity index (χ0n) is 14.9. The minimum absolute atomic E-state index is 0.0659. The van der Waals surface area contributed by atoms with E-state index < -0.39 is 6.10 Å². The Morgan fingerprint density at radius 2 is 1.76 bits per heavy atom. The molecule has 0 aromatic heterocycles. The zero-order valence-corrected chi connectivity index (χ0v) is 14.9. The van der Waals surface area contributed by atoms with Gasteiger partial charge in [0.2, 0.25) is 0 Å². The summed E-state index contributed by atoms with van der Waals surface area (Å²) in [6.07, 6.45) is -0.403. The van der Waals surface area contributed by atoms with Crippen LogP contribution in [0, 0.1) is 0 Å². The first-order valence-corrected chi connectivity index (χ1v) is 8.62. The number of methoxy groups -OCH3 is 2. The van der Waals surface area contributed by atoms with E-state index in [1.807, 2.05) is 23.1 Å². The number of morpholine rings is 2. The molecule has 2 heterocycles. The zero-order chi connectivity index (χ0) is 17.6. The summed E-state index contributed by atoms with van der Waals surface area (Å²) in [5, 5.41) is 0. The molecule has 0 bridgehead atoms. The number of carbonyl (C=O) groups excluding carboxylic acids is 1. The van der Waals surface area contributed by atoms with Crippen molar-refractivity contribution in [2.45, 2.75) is 12.6 Å². The molecule has 1 unspecified atom stereocenters. The summed E-state index contributed by atoms with van der Waals surface area (Å²) >= 11 is 0. The van der Waals surface area contributed by atoms with Crippen LogP contribution in [0.1, 0.15) is 5.56 Å². The van der Waals surface area contributed by atoms with Gasteiger partial charge in [-0.15, -0.1) is 0 Å². The highest BCUT2D eigenvalue weighted by molar-refractivity contribution is 5.81. The Labute approximate surface area is 148 Å². The highest BCUT2D eigenvalue weighted by Crippen LogP contribution is 2.24. The maximum absolute atomic E-state index is 12.6. The van der Waals surface area contributed by atoms with Gasteiger partial charge in [0, 0.05) is 38.8 Å². The van der Waals surface area contributed by atoms with Crippen LogP contribution in [0.15, 0.2) is 18.2 Å². The number of nitrogens with zero attached hydrogens (tertiary/aromatic N) is 2. The third-order valence-electron chi connectivity index (χ3n) is 4.57. The fraction of sp³-hybridized carbons (Fsp3) is 0.611. The molecule has 0 saturated carbocycles. The van der Waals surface area contributed by atoms with Crippen molar-refractivity contribution in [2.75, 3.05) is 60.2 Å². The van der Waals surface area contributed by atoms with E-state index in [4.69, 9.17) is 18.9 Å². The monoisotopic (exact) mass is 350 g/mol. The number of amides is 1. The maximum Gasteiger partial charge on any atom is 0.253 e. The van der Waals surface area contributed by atoms with Crippen LogP contribution in [0.4, 0.5) is 0 Å². The second-order valence-corrected chi connectivity index (χ2v) is 6.25. The normalized spacial score (nSPS) is 21.8. The summed E-state index contributed by atoms with van der Waals surface area (Å²) in [7, 11) is 3.29. The molecule has 0 aliphatic carbocycles. The van der Waals surface area contributed by atoms with E-state index in [0.29, 0.717) is 39.5 Å². The van der Waals surface area contributed by atoms with E-state index in [1.54, 1.807) is 14.2 Å². The van der Waals surface area contributed by atoms with Crippen molar-refractivity contribution in [2.24, 2.45) is 0 Å². The Balaban J connectivity index is 1.62. The average molecular weight is 350 g/mol. The van der Waals surface area contributed by atoms with Crippen LogP contribution in [-0.2, 0) is 20.8 Å². The van der Waals surface area contributed by atoms with E-state index in [9.17, 15) is 4.79 Å². The van der Waals surface area contributed by atoms with Gasteiger partial charge in [-0.25, -0.2) is 0 Å². The van der Waals surface area contributed by atoms with Crippen LogP contribution >= 0.6 is 0 Å². The third-order valence-corrected chi connectivity index (χ3v) is 4.57. The fourth-order valence-electron chi connectivity index (χ4n) is 3.20. The quantitative estimate of drug-likeness (QED) is 0.782. The molecule has 0 N–H and O–H groups in total. The minimum atomic E-state index is -0.403. The molecule has 25 heavy (non-hydrogen) atoms. The number of carbonyl (C=O) groups is 1. The van der Waals surface area contributed by atoms with Gasteiger partial charge < -0.3 is 23.8 Å². The van der Waals surface area contributed by atoms with Gasteiger partial charge >= 0.3 is 0 Å². The van der Waals surface area contributed by atoms with Crippen LogP contribution in [0.3, 0.4) is 0 Å². The van der Waals surface area contributed by atoms with Gasteiger partial charge in [0.05, 0.1) is 34.0 Å². The van der Waals surface area contributed by atoms with Gasteiger partial charge in [-0.2, -0.15) is 0 Å². The third kappa shape index (κ3) is 4.62. The van der Waals surface area contributed by atoms with Gasteiger partial charge in [-0.3, -0.25) is 9.69 Å². The SMILES string of the molecule is COc1cc(CN2CCOC(C(=O)N3CCOCC3)C2)cc(OC)c1. The maximum atomic E-state index is 12.6. The molecule has 2 fully saturated rings. The fourth-order valence-corrected chi connectivity index (χ4v) is 3.20. The molecule has 2 aliphatic rings. The Bertz CT molecular complexity index is 567. The summed E-state index contributed by atoms with van der Waals surface area (Å²) in [6.45, 7) is 5.17. The molecule has 1 atom stereocenters. The first kappa shape index (κ1) is 18.0. The number of rotatable bonds is 5. The average Bonchev–Trinajstić information content (AvgIpc) is 2.68. The summed E-state index contributed by atoms with van der Waals surface area (Å²) < 4.78 is 21.7. The molecule has 3 rings (SSSR count). The highest BCUT2D eigenvalue weighted by atomic mass is 16.5. The summed E-state index contributed by atoms with van der Waals surface area (Å²) in [5.41, 5.74) is 1.09. The molecule has 2 saturated heterocycles. The van der Waals surface area contributed by atoms with Crippen LogP contribution in [0.5, 0.6) is 11.5 Å². The second kappa shape index (κ2) is 8.51. The predicted molar refractivity (Wildman–Crippen MR) is 92.0 cm³/mol. The molecule has 138 valence electrons. The Morgan fingerprint density at radius 1 is 1.08 bits per heavy atom. The minimum Gasteiger partial charge on any atom is -0.497 e. The van der Waals surface area contributed by atoms with Crippen molar-refractivity contribution in [3.8, 4) is 11.5 Å². The molecule has 0 radical (unpaired) electrons. The van der Waals surface area contributed by atoms with Gasteiger partial charge in [-0.05, 0) is 17.7 Å². The number of hydrogen-bond acceptors (Lipinski definition) is 6.